The van der Waals surface area contributed by atoms with Crippen molar-refractivity contribution in [2.24, 2.45) is 0 Å². The minimum atomic E-state index is -0.0812. The number of hydrogen-bond acceptors (Lipinski definition) is 4. The van der Waals surface area contributed by atoms with Gasteiger partial charge in [0.2, 0.25) is 5.91 Å². The second kappa shape index (κ2) is 7.03. The van der Waals surface area contributed by atoms with Gasteiger partial charge >= 0.3 is 0 Å². The Morgan fingerprint density at radius 3 is 2.88 bits per heavy atom. The average Bonchev–Trinajstić information content (AvgIpc) is 3.13. The summed E-state index contributed by atoms with van der Waals surface area (Å²) >= 11 is 0. The highest BCUT2D eigenvalue weighted by Gasteiger charge is 2.25. The van der Waals surface area contributed by atoms with E-state index in [2.05, 4.69) is 40.0 Å². The van der Waals surface area contributed by atoms with Crippen LogP contribution in [-0.2, 0) is 11.3 Å². The van der Waals surface area contributed by atoms with E-state index in [1.165, 1.54) is 5.69 Å². The second-order valence-electron chi connectivity index (χ2n) is 6.97. The van der Waals surface area contributed by atoms with E-state index in [-0.39, 0.29) is 18.0 Å². The van der Waals surface area contributed by atoms with Crippen molar-refractivity contribution in [1.29, 1.82) is 0 Å². The molecule has 0 saturated heterocycles. The van der Waals surface area contributed by atoms with Crippen LogP contribution in [0.2, 0.25) is 0 Å². The molecule has 0 fully saturated rings. The molecule has 6 nitrogen and oxygen atoms in total. The third kappa shape index (κ3) is 3.29. The van der Waals surface area contributed by atoms with Gasteiger partial charge in [-0.25, -0.2) is 0 Å². The zero-order chi connectivity index (χ0) is 18.1. The lowest BCUT2D eigenvalue weighted by Gasteiger charge is -2.34. The molecule has 2 aromatic rings. The third-order valence-corrected chi connectivity index (χ3v) is 5.26. The van der Waals surface area contributed by atoms with Crippen LogP contribution in [0.1, 0.15) is 37.2 Å². The summed E-state index contributed by atoms with van der Waals surface area (Å²) in [5.41, 5.74) is 2.28. The maximum Gasteiger partial charge on any atom is 0.234 e. The fourth-order valence-electron chi connectivity index (χ4n) is 3.73. The predicted molar refractivity (Wildman–Crippen MR) is 98.4 cm³/mol. The predicted octanol–water partition coefficient (Wildman–Crippen LogP) is 2.51. The molecule has 0 saturated carbocycles. The zero-order valence-corrected chi connectivity index (χ0v) is 15.3. The molecule has 2 aliphatic heterocycles. The van der Waals surface area contributed by atoms with Gasteiger partial charge in [0.05, 0.1) is 12.6 Å². The van der Waals surface area contributed by atoms with Crippen molar-refractivity contribution in [2.75, 3.05) is 26.3 Å². The van der Waals surface area contributed by atoms with E-state index in [0.717, 1.165) is 30.2 Å². The van der Waals surface area contributed by atoms with E-state index < -0.39 is 0 Å². The molecule has 4 rings (SSSR count). The van der Waals surface area contributed by atoms with E-state index in [0.29, 0.717) is 19.8 Å². The van der Waals surface area contributed by atoms with Crippen LogP contribution in [0.15, 0.2) is 36.5 Å². The largest absolute Gasteiger partial charge is 0.486 e. The molecule has 1 amide bonds. The molecule has 0 radical (unpaired) electrons. The highest BCUT2D eigenvalue weighted by molar-refractivity contribution is 5.78. The van der Waals surface area contributed by atoms with Crippen LogP contribution in [0, 0.1) is 0 Å². The maximum atomic E-state index is 12.6. The number of rotatable bonds is 4. The molecule has 2 aliphatic rings. The fourth-order valence-corrected chi connectivity index (χ4v) is 3.73. The normalized spacial score (nSPS) is 20.3. The van der Waals surface area contributed by atoms with Gasteiger partial charge in [-0.15, -0.1) is 0 Å². The lowest BCUT2D eigenvalue weighted by atomic mass is 10.1. The minimum Gasteiger partial charge on any atom is -0.486 e. The van der Waals surface area contributed by atoms with Crippen molar-refractivity contribution in [3.63, 3.8) is 0 Å². The van der Waals surface area contributed by atoms with E-state index >= 15 is 0 Å². The molecule has 1 aromatic heterocycles. The number of nitrogens with one attached hydrogen (secondary N) is 1. The fraction of sp³-hybridized carbons (Fsp3) is 0.450. The Kier molecular flexibility index (Phi) is 4.59. The molecule has 6 heteroatoms. The van der Waals surface area contributed by atoms with E-state index in [4.69, 9.17) is 9.47 Å². The number of amides is 1. The third-order valence-electron chi connectivity index (χ3n) is 5.26. The van der Waals surface area contributed by atoms with Crippen LogP contribution < -0.4 is 14.8 Å². The van der Waals surface area contributed by atoms with Gasteiger partial charge in [0.15, 0.2) is 11.5 Å². The van der Waals surface area contributed by atoms with Crippen LogP contribution >= 0.6 is 0 Å². The summed E-state index contributed by atoms with van der Waals surface area (Å²) in [4.78, 5) is 14.8. The summed E-state index contributed by atoms with van der Waals surface area (Å²) in [6, 6.07) is 10.2. The highest BCUT2D eigenvalue weighted by Crippen LogP contribution is 2.32. The van der Waals surface area contributed by atoms with Crippen LogP contribution in [0.25, 0.3) is 0 Å². The molecule has 1 N–H and O–H groups in total. The van der Waals surface area contributed by atoms with E-state index in [1.54, 1.807) is 0 Å². The molecular formula is C20H25N3O3. The number of nitrogens with zero attached hydrogens (tertiary/aromatic N) is 2. The van der Waals surface area contributed by atoms with E-state index in [9.17, 15) is 4.79 Å². The Bertz CT molecular complexity index is 801. The molecule has 2 atom stereocenters. The van der Waals surface area contributed by atoms with Crippen LogP contribution in [0.3, 0.4) is 0 Å². The summed E-state index contributed by atoms with van der Waals surface area (Å²) in [5, 5.41) is 3.10. The zero-order valence-electron chi connectivity index (χ0n) is 15.3. The number of carbonyl (C=O) groups is 1. The number of ether oxygens (including phenoxy) is 2. The van der Waals surface area contributed by atoms with E-state index in [1.807, 2.05) is 25.1 Å². The summed E-state index contributed by atoms with van der Waals surface area (Å²) in [6.07, 6.45) is 2.10. The standard InChI is InChI=1S/C20H25N3O3/c1-14(16-5-6-18-19(12-16)26-11-10-25-18)21-20(24)13-23-9-8-22-7-3-4-17(22)15(23)2/h3-7,12,14-15H,8-11,13H2,1-2H3,(H,21,24). The topological polar surface area (TPSA) is 55.7 Å². The summed E-state index contributed by atoms with van der Waals surface area (Å²) < 4.78 is 13.4. The van der Waals surface area contributed by atoms with Crippen molar-refractivity contribution in [1.82, 2.24) is 14.8 Å². The molecule has 0 bridgehead atoms. The monoisotopic (exact) mass is 355 g/mol. The Balaban J connectivity index is 1.37. The molecule has 1 aromatic carbocycles. The Morgan fingerprint density at radius 2 is 2.04 bits per heavy atom. The van der Waals surface area contributed by atoms with Crippen molar-refractivity contribution >= 4 is 5.91 Å². The first-order valence-corrected chi connectivity index (χ1v) is 9.20. The number of aromatic nitrogens is 1. The van der Waals surface area contributed by atoms with Crippen molar-refractivity contribution in [3.05, 3.63) is 47.8 Å². The summed E-state index contributed by atoms with van der Waals surface area (Å²) in [7, 11) is 0. The Morgan fingerprint density at radius 1 is 1.23 bits per heavy atom. The molecule has 138 valence electrons. The van der Waals surface area contributed by atoms with Gasteiger partial charge in [-0.2, -0.15) is 0 Å². The molecular weight excluding hydrogens is 330 g/mol. The second-order valence-corrected chi connectivity index (χ2v) is 6.97. The first-order chi connectivity index (χ1) is 12.6. The maximum absolute atomic E-state index is 12.6. The van der Waals surface area contributed by atoms with Gasteiger partial charge in [-0.3, -0.25) is 9.69 Å². The molecule has 26 heavy (non-hydrogen) atoms. The van der Waals surface area contributed by atoms with Crippen molar-refractivity contribution in [3.8, 4) is 11.5 Å². The quantitative estimate of drug-likeness (QED) is 0.916. The molecule has 0 aliphatic carbocycles. The SMILES string of the molecule is CC(NC(=O)CN1CCn2cccc2C1C)c1ccc2c(c1)OCCO2. The van der Waals surface area contributed by atoms with Gasteiger partial charge < -0.3 is 19.4 Å². The number of benzene rings is 1. The van der Waals surface area contributed by atoms with Crippen molar-refractivity contribution < 1.29 is 14.3 Å². The summed E-state index contributed by atoms with van der Waals surface area (Å²) in [6.45, 7) is 7.51. The van der Waals surface area contributed by atoms with Crippen molar-refractivity contribution in [2.45, 2.75) is 32.5 Å². The Labute approximate surface area is 153 Å². The molecule has 3 heterocycles. The van der Waals surface area contributed by atoms with Gasteiger partial charge in [0, 0.05) is 31.0 Å². The van der Waals surface area contributed by atoms with Gasteiger partial charge in [-0.1, -0.05) is 6.07 Å². The average molecular weight is 355 g/mol. The lowest BCUT2D eigenvalue weighted by Crippen LogP contribution is -2.43. The number of fused-ring (bicyclic) bond motifs is 2. The first-order valence-electron chi connectivity index (χ1n) is 9.20. The van der Waals surface area contributed by atoms with Gasteiger partial charge in [0.1, 0.15) is 13.2 Å². The van der Waals surface area contributed by atoms with Crippen LogP contribution in [0.4, 0.5) is 0 Å². The minimum absolute atomic E-state index is 0.0410. The van der Waals surface area contributed by atoms with Gasteiger partial charge in [0.25, 0.3) is 0 Å². The summed E-state index contributed by atoms with van der Waals surface area (Å²) in [5.74, 6) is 1.56. The van der Waals surface area contributed by atoms with Crippen LogP contribution in [-0.4, -0.2) is 41.7 Å². The molecule has 2 unspecified atom stereocenters. The number of hydrogen-bond donors (Lipinski definition) is 1. The van der Waals surface area contributed by atoms with Gasteiger partial charge in [-0.05, 0) is 43.7 Å². The highest BCUT2D eigenvalue weighted by atomic mass is 16.6. The molecule has 0 spiro atoms. The lowest BCUT2D eigenvalue weighted by molar-refractivity contribution is -0.123. The first kappa shape index (κ1) is 17.0. The van der Waals surface area contributed by atoms with Crippen LogP contribution in [0.5, 0.6) is 11.5 Å². The Hall–Kier alpha value is -2.47. The smallest absolute Gasteiger partial charge is 0.234 e. The number of carbonyl (C=O) groups excluding carboxylic acids is 1.